The predicted molar refractivity (Wildman–Crippen MR) is 76.7 cm³/mol. The van der Waals surface area contributed by atoms with Crippen LogP contribution < -0.4 is 5.32 Å². The van der Waals surface area contributed by atoms with Crippen LogP contribution in [0.3, 0.4) is 0 Å². The minimum atomic E-state index is 0.0250. The summed E-state index contributed by atoms with van der Waals surface area (Å²) in [6.45, 7) is 3.35. The number of hydrogen-bond donors (Lipinski definition) is 1. The normalized spacial score (nSPS) is 23.3. The molecular formula is C12H14BrN3O2S. The van der Waals surface area contributed by atoms with Gasteiger partial charge in [0.05, 0.1) is 17.5 Å². The lowest BCUT2D eigenvalue weighted by atomic mass is 10.2. The summed E-state index contributed by atoms with van der Waals surface area (Å²) in [6, 6.07) is 2.13. The topological polar surface area (TPSA) is 52.7 Å². The number of piperazine rings is 1. The van der Waals surface area contributed by atoms with E-state index in [1.807, 2.05) is 16.3 Å². The Labute approximate surface area is 123 Å². The Hall–Kier alpha value is -0.920. The van der Waals surface area contributed by atoms with E-state index in [1.165, 1.54) is 11.3 Å². The minimum Gasteiger partial charge on any atom is -0.336 e. The van der Waals surface area contributed by atoms with Gasteiger partial charge in [-0.05, 0) is 27.4 Å². The number of ketones is 1. The van der Waals surface area contributed by atoms with Gasteiger partial charge in [0.15, 0.2) is 5.78 Å². The quantitative estimate of drug-likeness (QED) is 0.844. The molecule has 0 saturated carbocycles. The van der Waals surface area contributed by atoms with Gasteiger partial charge in [-0.3, -0.25) is 9.69 Å². The number of carbonyl (C=O) groups is 2. The van der Waals surface area contributed by atoms with Gasteiger partial charge in [-0.25, -0.2) is 4.79 Å². The van der Waals surface area contributed by atoms with E-state index in [4.69, 9.17) is 0 Å². The molecule has 19 heavy (non-hydrogen) atoms. The molecule has 1 aromatic rings. The maximum Gasteiger partial charge on any atom is 0.317 e. The second-order valence-electron chi connectivity index (χ2n) is 4.79. The number of thiophene rings is 1. The number of rotatable bonds is 3. The number of nitrogens with zero attached hydrogens (tertiary/aromatic N) is 2. The molecule has 0 aromatic carbocycles. The SMILES string of the molecule is O=C(CN1CCN2C(=O)NCC2C1)c1sccc1Br. The molecule has 5 nitrogen and oxygen atoms in total. The molecule has 102 valence electrons. The van der Waals surface area contributed by atoms with Crippen LogP contribution in [0.2, 0.25) is 0 Å². The van der Waals surface area contributed by atoms with Gasteiger partial charge in [-0.1, -0.05) is 0 Å². The Bertz CT molecular complexity index is 519. The van der Waals surface area contributed by atoms with E-state index >= 15 is 0 Å². The van der Waals surface area contributed by atoms with Crippen molar-refractivity contribution < 1.29 is 9.59 Å². The lowest BCUT2D eigenvalue weighted by molar-refractivity contribution is 0.0841. The van der Waals surface area contributed by atoms with Crippen LogP contribution in [0.4, 0.5) is 4.79 Å². The molecule has 1 unspecified atom stereocenters. The van der Waals surface area contributed by atoms with Gasteiger partial charge in [-0.2, -0.15) is 0 Å². The summed E-state index contributed by atoms with van der Waals surface area (Å²) in [7, 11) is 0. The first-order chi connectivity index (χ1) is 9.15. The van der Waals surface area contributed by atoms with E-state index in [2.05, 4.69) is 26.1 Å². The van der Waals surface area contributed by atoms with Gasteiger partial charge >= 0.3 is 6.03 Å². The van der Waals surface area contributed by atoms with Crippen molar-refractivity contribution in [2.24, 2.45) is 0 Å². The van der Waals surface area contributed by atoms with Crippen molar-refractivity contribution in [2.45, 2.75) is 6.04 Å². The monoisotopic (exact) mass is 343 g/mol. The lowest BCUT2D eigenvalue weighted by Gasteiger charge is -2.35. The molecule has 0 bridgehead atoms. The first-order valence-electron chi connectivity index (χ1n) is 6.18. The second-order valence-corrected chi connectivity index (χ2v) is 6.56. The lowest BCUT2D eigenvalue weighted by Crippen LogP contribution is -2.53. The molecule has 0 radical (unpaired) electrons. The standard InChI is InChI=1S/C12H14BrN3O2S/c13-9-1-4-19-11(9)10(17)7-15-2-3-16-8(6-15)5-14-12(16)18/h1,4,8H,2-3,5-7H2,(H,14,18). The van der Waals surface area contributed by atoms with E-state index in [9.17, 15) is 9.59 Å². The average Bonchev–Trinajstić information content (AvgIpc) is 2.96. The van der Waals surface area contributed by atoms with Crippen LogP contribution >= 0.6 is 27.3 Å². The van der Waals surface area contributed by atoms with Gasteiger partial charge in [-0.15, -0.1) is 11.3 Å². The first-order valence-corrected chi connectivity index (χ1v) is 7.85. The van der Waals surface area contributed by atoms with Gasteiger partial charge in [0.2, 0.25) is 0 Å². The molecule has 3 heterocycles. The summed E-state index contributed by atoms with van der Waals surface area (Å²) in [4.78, 5) is 28.5. The van der Waals surface area contributed by atoms with Crippen molar-refractivity contribution in [3.63, 3.8) is 0 Å². The molecule has 0 aliphatic carbocycles. The maximum absolute atomic E-state index is 12.2. The summed E-state index contributed by atoms with van der Waals surface area (Å²) < 4.78 is 0.874. The third kappa shape index (κ3) is 2.54. The van der Waals surface area contributed by atoms with Gasteiger partial charge in [0.1, 0.15) is 0 Å². The van der Waals surface area contributed by atoms with Crippen LogP contribution in [0, 0.1) is 0 Å². The number of hydrogen-bond acceptors (Lipinski definition) is 4. The zero-order chi connectivity index (χ0) is 13.4. The zero-order valence-corrected chi connectivity index (χ0v) is 12.7. The number of Topliss-reactive ketones (excluding diaryl/α,β-unsaturated/α-hetero) is 1. The number of halogens is 1. The smallest absolute Gasteiger partial charge is 0.317 e. The summed E-state index contributed by atoms with van der Waals surface area (Å²) in [5.74, 6) is 0.146. The van der Waals surface area contributed by atoms with Crippen molar-refractivity contribution in [2.75, 3.05) is 32.7 Å². The Morgan fingerprint density at radius 3 is 3.11 bits per heavy atom. The third-order valence-electron chi connectivity index (χ3n) is 3.55. The molecule has 3 rings (SSSR count). The molecule has 2 saturated heterocycles. The Morgan fingerprint density at radius 2 is 2.37 bits per heavy atom. The highest BCUT2D eigenvalue weighted by Gasteiger charge is 2.35. The summed E-state index contributed by atoms with van der Waals surface area (Å²) in [5.41, 5.74) is 0. The highest BCUT2D eigenvalue weighted by atomic mass is 79.9. The van der Waals surface area contributed by atoms with Crippen LogP contribution in [0.5, 0.6) is 0 Å². The fraction of sp³-hybridized carbons (Fsp3) is 0.500. The third-order valence-corrected chi connectivity index (χ3v) is 5.43. The van der Waals surface area contributed by atoms with Crippen LogP contribution in [0.1, 0.15) is 9.67 Å². The number of fused-ring (bicyclic) bond motifs is 1. The van der Waals surface area contributed by atoms with Crippen molar-refractivity contribution in [3.05, 3.63) is 20.8 Å². The second kappa shape index (κ2) is 5.22. The van der Waals surface area contributed by atoms with Crippen LogP contribution in [-0.4, -0.2) is 60.4 Å². The van der Waals surface area contributed by atoms with E-state index in [-0.39, 0.29) is 17.9 Å². The highest BCUT2D eigenvalue weighted by Crippen LogP contribution is 2.24. The maximum atomic E-state index is 12.2. The Kier molecular flexibility index (Phi) is 3.60. The number of urea groups is 1. The number of amides is 2. The molecule has 2 fully saturated rings. The Morgan fingerprint density at radius 1 is 1.53 bits per heavy atom. The van der Waals surface area contributed by atoms with Gasteiger partial charge in [0.25, 0.3) is 0 Å². The van der Waals surface area contributed by atoms with E-state index < -0.39 is 0 Å². The van der Waals surface area contributed by atoms with Crippen LogP contribution in [0.25, 0.3) is 0 Å². The fourth-order valence-electron chi connectivity index (χ4n) is 2.58. The van der Waals surface area contributed by atoms with E-state index in [1.54, 1.807) is 0 Å². The number of nitrogens with one attached hydrogen (secondary N) is 1. The summed E-state index contributed by atoms with van der Waals surface area (Å²) >= 11 is 4.86. The number of carbonyl (C=O) groups excluding carboxylic acids is 2. The summed E-state index contributed by atoms with van der Waals surface area (Å²) in [5, 5.41) is 4.75. The molecule has 1 atom stereocenters. The molecule has 7 heteroatoms. The molecule has 2 aliphatic rings. The molecule has 1 aromatic heterocycles. The van der Waals surface area contributed by atoms with Gasteiger partial charge in [0, 0.05) is 30.7 Å². The Balaban J connectivity index is 1.61. The fourth-order valence-corrected chi connectivity index (χ4v) is 4.11. The predicted octanol–water partition coefficient (Wildman–Crippen LogP) is 1.40. The molecular weight excluding hydrogens is 330 g/mol. The van der Waals surface area contributed by atoms with Gasteiger partial charge < -0.3 is 10.2 Å². The van der Waals surface area contributed by atoms with Crippen LogP contribution in [-0.2, 0) is 0 Å². The molecule has 1 N–H and O–H groups in total. The highest BCUT2D eigenvalue weighted by molar-refractivity contribution is 9.10. The van der Waals surface area contributed by atoms with Crippen molar-refractivity contribution in [1.29, 1.82) is 0 Å². The van der Waals surface area contributed by atoms with Crippen molar-refractivity contribution in [1.82, 2.24) is 15.1 Å². The van der Waals surface area contributed by atoms with Crippen molar-refractivity contribution >= 4 is 39.1 Å². The molecule has 2 aliphatic heterocycles. The minimum absolute atomic E-state index is 0.0250. The largest absolute Gasteiger partial charge is 0.336 e. The van der Waals surface area contributed by atoms with Crippen molar-refractivity contribution in [3.8, 4) is 0 Å². The zero-order valence-electron chi connectivity index (χ0n) is 10.3. The molecule has 2 amide bonds. The average molecular weight is 344 g/mol. The van der Waals surface area contributed by atoms with E-state index in [0.29, 0.717) is 19.6 Å². The van der Waals surface area contributed by atoms with Crippen LogP contribution in [0.15, 0.2) is 15.9 Å². The summed E-state index contributed by atoms with van der Waals surface area (Å²) in [6.07, 6.45) is 0. The molecule has 0 spiro atoms. The first kappa shape index (κ1) is 13.1. The van der Waals surface area contributed by atoms with E-state index in [0.717, 1.165) is 22.4 Å².